The molecule has 2 unspecified atom stereocenters. The highest BCUT2D eigenvalue weighted by Crippen LogP contribution is 2.54. The Hall–Kier alpha value is -2.54. The van der Waals surface area contributed by atoms with Crippen molar-refractivity contribution in [2.45, 2.75) is 31.3 Å². The van der Waals surface area contributed by atoms with Crippen molar-refractivity contribution in [2.24, 2.45) is 0 Å². The van der Waals surface area contributed by atoms with Crippen molar-refractivity contribution in [3.8, 4) is 5.75 Å². The van der Waals surface area contributed by atoms with Gasteiger partial charge in [-0.1, -0.05) is 92.7 Å². The van der Waals surface area contributed by atoms with Gasteiger partial charge < -0.3 is 4.74 Å². The van der Waals surface area contributed by atoms with Crippen molar-refractivity contribution in [1.82, 2.24) is 0 Å². The van der Waals surface area contributed by atoms with E-state index in [2.05, 4.69) is 98.8 Å². The summed E-state index contributed by atoms with van der Waals surface area (Å²) >= 11 is 0. The van der Waals surface area contributed by atoms with Gasteiger partial charge in [0.15, 0.2) is 0 Å². The van der Waals surface area contributed by atoms with Crippen LogP contribution in [-0.4, -0.2) is 0 Å². The first kappa shape index (κ1) is 15.0. The van der Waals surface area contributed by atoms with Crippen molar-refractivity contribution in [1.29, 1.82) is 0 Å². The van der Waals surface area contributed by atoms with E-state index in [0.29, 0.717) is 0 Å². The maximum absolute atomic E-state index is 6.52. The lowest BCUT2D eigenvalue weighted by Gasteiger charge is -2.45. The Balaban J connectivity index is 1.91. The number of para-hydroxylation sites is 1. The Morgan fingerprint density at radius 1 is 0.667 bits per heavy atom. The standard InChI is InChI=1S/C23H22O/c1-23(2)19-15-9-10-16-20(19)24-22(18-13-7-4-8-14-18)21(23)17-11-5-3-6-12-17/h3-16,21-22H,1-2H3. The van der Waals surface area contributed by atoms with Gasteiger partial charge in [0.05, 0.1) is 0 Å². The molecule has 0 spiro atoms. The number of ether oxygens (including phenoxy) is 1. The first-order chi connectivity index (χ1) is 11.7. The number of fused-ring (bicyclic) bond motifs is 1. The van der Waals surface area contributed by atoms with Gasteiger partial charge in [-0.15, -0.1) is 0 Å². The van der Waals surface area contributed by atoms with Crippen LogP contribution >= 0.6 is 0 Å². The second-order valence-corrected chi connectivity index (χ2v) is 7.06. The second-order valence-electron chi connectivity index (χ2n) is 7.06. The molecule has 2 atom stereocenters. The maximum Gasteiger partial charge on any atom is 0.131 e. The highest BCUT2D eigenvalue weighted by atomic mass is 16.5. The Labute approximate surface area is 143 Å². The molecule has 3 aromatic carbocycles. The summed E-state index contributed by atoms with van der Waals surface area (Å²) in [7, 11) is 0. The predicted molar refractivity (Wildman–Crippen MR) is 98.5 cm³/mol. The smallest absolute Gasteiger partial charge is 0.131 e. The minimum absolute atomic E-state index is 0.0125. The fourth-order valence-corrected chi connectivity index (χ4v) is 4.01. The first-order valence-electron chi connectivity index (χ1n) is 8.54. The molecule has 3 aromatic rings. The predicted octanol–water partition coefficient (Wildman–Crippen LogP) is 5.88. The number of hydrogen-bond acceptors (Lipinski definition) is 1. The molecule has 1 aliphatic heterocycles. The average Bonchev–Trinajstić information content (AvgIpc) is 2.63. The van der Waals surface area contributed by atoms with E-state index < -0.39 is 0 Å². The molecule has 0 saturated carbocycles. The topological polar surface area (TPSA) is 9.23 Å². The van der Waals surface area contributed by atoms with Gasteiger partial charge in [-0.05, 0) is 17.2 Å². The zero-order valence-electron chi connectivity index (χ0n) is 14.1. The minimum atomic E-state index is -0.0172. The van der Waals surface area contributed by atoms with Crippen molar-refractivity contribution >= 4 is 0 Å². The Bertz CT molecular complexity index is 821. The molecule has 1 heteroatoms. The number of hydrogen-bond donors (Lipinski definition) is 0. The summed E-state index contributed by atoms with van der Waals surface area (Å²) < 4.78 is 6.52. The molecular weight excluding hydrogens is 292 g/mol. The average molecular weight is 314 g/mol. The molecule has 0 N–H and O–H groups in total. The van der Waals surface area contributed by atoms with Crippen LogP contribution in [-0.2, 0) is 5.41 Å². The van der Waals surface area contributed by atoms with E-state index in [1.165, 1.54) is 16.7 Å². The van der Waals surface area contributed by atoms with Crippen LogP contribution in [0.5, 0.6) is 5.75 Å². The molecule has 0 radical (unpaired) electrons. The lowest BCUT2D eigenvalue weighted by atomic mass is 9.65. The molecule has 0 bridgehead atoms. The first-order valence-corrected chi connectivity index (χ1v) is 8.54. The quantitative estimate of drug-likeness (QED) is 0.574. The van der Waals surface area contributed by atoms with Gasteiger partial charge in [0.25, 0.3) is 0 Å². The highest BCUT2D eigenvalue weighted by Gasteiger charge is 2.45. The molecule has 0 saturated heterocycles. The van der Waals surface area contributed by atoms with Gasteiger partial charge in [0.1, 0.15) is 11.9 Å². The Morgan fingerprint density at radius 2 is 1.21 bits per heavy atom. The van der Waals surface area contributed by atoms with Crippen LogP contribution in [0.2, 0.25) is 0 Å². The summed E-state index contributed by atoms with van der Waals surface area (Å²) in [6.45, 7) is 4.67. The van der Waals surface area contributed by atoms with E-state index >= 15 is 0 Å². The highest BCUT2D eigenvalue weighted by molar-refractivity contribution is 5.47. The zero-order chi connectivity index (χ0) is 16.6. The van der Waals surface area contributed by atoms with E-state index in [9.17, 15) is 0 Å². The largest absolute Gasteiger partial charge is 0.485 e. The summed E-state index contributed by atoms with van der Waals surface area (Å²) in [6.07, 6.45) is 0.0125. The van der Waals surface area contributed by atoms with Crippen molar-refractivity contribution in [3.05, 3.63) is 102 Å². The molecule has 120 valence electrons. The van der Waals surface area contributed by atoms with Crippen LogP contribution in [0.4, 0.5) is 0 Å². The van der Waals surface area contributed by atoms with Crippen LogP contribution in [0.1, 0.15) is 42.6 Å². The van der Waals surface area contributed by atoms with E-state index in [4.69, 9.17) is 4.74 Å². The van der Waals surface area contributed by atoms with Crippen LogP contribution in [0.15, 0.2) is 84.9 Å². The van der Waals surface area contributed by atoms with Crippen LogP contribution in [0, 0.1) is 0 Å². The summed E-state index contributed by atoms with van der Waals surface area (Å²) in [5.74, 6) is 1.26. The third-order valence-electron chi connectivity index (χ3n) is 5.20. The van der Waals surface area contributed by atoms with E-state index in [-0.39, 0.29) is 17.4 Å². The van der Waals surface area contributed by atoms with Gasteiger partial charge in [0, 0.05) is 16.9 Å². The van der Waals surface area contributed by atoms with Gasteiger partial charge in [-0.25, -0.2) is 0 Å². The molecule has 1 heterocycles. The molecule has 0 aliphatic carbocycles. The maximum atomic E-state index is 6.52. The fourth-order valence-electron chi connectivity index (χ4n) is 4.01. The summed E-state index contributed by atoms with van der Waals surface area (Å²) in [6, 6.07) is 29.8. The molecular formula is C23H22O. The Morgan fingerprint density at radius 3 is 1.88 bits per heavy atom. The molecule has 4 rings (SSSR count). The summed E-state index contributed by atoms with van der Waals surface area (Å²) in [5.41, 5.74) is 3.82. The lowest BCUT2D eigenvalue weighted by Crippen LogP contribution is -2.38. The van der Waals surface area contributed by atoms with Gasteiger partial charge >= 0.3 is 0 Å². The molecule has 0 fully saturated rings. The normalized spacial score (nSPS) is 21.6. The number of rotatable bonds is 2. The van der Waals surface area contributed by atoms with Gasteiger partial charge in [-0.3, -0.25) is 0 Å². The van der Waals surface area contributed by atoms with E-state index in [0.717, 1.165) is 5.75 Å². The van der Waals surface area contributed by atoms with E-state index in [1.54, 1.807) is 0 Å². The third kappa shape index (κ3) is 2.41. The van der Waals surface area contributed by atoms with Crippen molar-refractivity contribution in [3.63, 3.8) is 0 Å². The van der Waals surface area contributed by atoms with Crippen molar-refractivity contribution in [2.75, 3.05) is 0 Å². The van der Waals surface area contributed by atoms with Gasteiger partial charge in [-0.2, -0.15) is 0 Å². The van der Waals surface area contributed by atoms with Crippen LogP contribution < -0.4 is 4.74 Å². The molecule has 0 amide bonds. The zero-order valence-corrected chi connectivity index (χ0v) is 14.1. The molecule has 1 aliphatic rings. The minimum Gasteiger partial charge on any atom is -0.485 e. The van der Waals surface area contributed by atoms with E-state index in [1.807, 2.05) is 0 Å². The SMILES string of the molecule is CC1(C)c2ccccc2OC(c2ccccc2)C1c1ccccc1. The molecule has 24 heavy (non-hydrogen) atoms. The summed E-state index contributed by atoms with van der Waals surface area (Å²) in [4.78, 5) is 0. The monoisotopic (exact) mass is 314 g/mol. The van der Waals surface area contributed by atoms with Gasteiger partial charge in [0.2, 0.25) is 0 Å². The third-order valence-corrected chi connectivity index (χ3v) is 5.20. The lowest BCUT2D eigenvalue weighted by molar-refractivity contribution is 0.105. The van der Waals surface area contributed by atoms with Crippen LogP contribution in [0.3, 0.4) is 0 Å². The Kier molecular flexibility index (Phi) is 3.65. The van der Waals surface area contributed by atoms with Crippen molar-refractivity contribution < 1.29 is 4.74 Å². The molecule has 0 aromatic heterocycles. The van der Waals surface area contributed by atoms with Crippen LogP contribution in [0.25, 0.3) is 0 Å². The summed E-state index contributed by atoms with van der Waals surface area (Å²) in [5, 5.41) is 0. The second kappa shape index (κ2) is 5.83. The fraction of sp³-hybridized carbons (Fsp3) is 0.217. The molecule has 1 nitrogen and oxygen atoms in total. The number of benzene rings is 3.